The van der Waals surface area contributed by atoms with Crippen LogP contribution < -0.4 is 10.1 Å². The number of benzene rings is 2. The van der Waals surface area contributed by atoms with Crippen LogP contribution in [0.5, 0.6) is 5.75 Å². The van der Waals surface area contributed by atoms with Crippen molar-refractivity contribution < 1.29 is 22.7 Å². The summed E-state index contributed by atoms with van der Waals surface area (Å²) in [5.74, 6) is -0.501. The molecule has 0 spiro atoms. The molecular formula is C26H22F3N5O2. The van der Waals surface area contributed by atoms with Gasteiger partial charge in [0.1, 0.15) is 17.6 Å². The minimum atomic E-state index is -4.80. The van der Waals surface area contributed by atoms with Crippen molar-refractivity contribution in [2.75, 3.05) is 18.4 Å². The number of ether oxygens (including phenoxy) is 1. The monoisotopic (exact) mass is 493 g/mol. The Morgan fingerprint density at radius 2 is 1.78 bits per heavy atom. The Kier molecular flexibility index (Phi) is 6.51. The molecule has 1 aliphatic heterocycles. The molecule has 1 saturated heterocycles. The average Bonchev–Trinajstić information content (AvgIpc) is 3.37. The maximum atomic E-state index is 12.9. The lowest BCUT2D eigenvalue weighted by Gasteiger charge is -2.14. The third kappa shape index (κ3) is 5.60. The number of fused-ring (bicyclic) bond motifs is 1. The number of rotatable bonds is 6. The summed E-state index contributed by atoms with van der Waals surface area (Å²) in [6.07, 6.45) is -1.05. The molecule has 0 radical (unpaired) electrons. The molecular weight excluding hydrogens is 471 g/mol. The molecule has 184 valence electrons. The van der Waals surface area contributed by atoms with E-state index in [9.17, 15) is 18.0 Å². The second kappa shape index (κ2) is 9.90. The summed E-state index contributed by atoms with van der Waals surface area (Å²) in [5, 5.41) is 2.78. The van der Waals surface area contributed by atoms with E-state index in [1.54, 1.807) is 30.3 Å². The zero-order chi connectivity index (χ0) is 25.1. The third-order valence-corrected chi connectivity index (χ3v) is 5.90. The summed E-state index contributed by atoms with van der Waals surface area (Å²) in [5.41, 5.74) is 3.20. The Balaban J connectivity index is 1.37. The van der Waals surface area contributed by atoms with Gasteiger partial charge in [0, 0.05) is 17.7 Å². The van der Waals surface area contributed by atoms with Gasteiger partial charge in [0.2, 0.25) is 0 Å². The standard InChI is InChI=1S/C26H22F3N5O2/c27-26(28,29)36-20-5-3-4-19(14-20)21-10-11-22-23(32-21)24(31-16-30-22)33-25(35)18-8-6-17(7-9-18)15-34-12-1-2-13-34/h3-11,14,16H,1-2,12-13,15H2,(H,30,31,33,35). The van der Waals surface area contributed by atoms with Gasteiger partial charge in [0.25, 0.3) is 5.91 Å². The molecule has 2 aromatic heterocycles. The zero-order valence-corrected chi connectivity index (χ0v) is 19.1. The van der Waals surface area contributed by atoms with E-state index in [0.29, 0.717) is 27.9 Å². The normalized spacial score (nSPS) is 14.2. The number of halogens is 3. The fraction of sp³-hybridized carbons (Fsp3) is 0.231. The van der Waals surface area contributed by atoms with Crippen LogP contribution in [0.25, 0.3) is 22.3 Å². The predicted molar refractivity (Wildman–Crippen MR) is 128 cm³/mol. The quantitative estimate of drug-likeness (QED) is 0.385. The molecule has 0 bridgehead atoms. The van der Waals surface area contributed by atoms with E-state index in [-0.39, 0.29) is 17.5 Å². The highest BCUT2D eigenvalue weighted by atomic mass is 19.4. The molecule has 0 atom stereocenters. The smallest absolute Gasteiger partial charge is 0.406 e. The van der Waals surface area contributed by atoms with E-state index < -0.39 is 6.36 Å². The lowest BCUT2D eigenvalue weighted by molar-refractivity contribution is -0.274. The van der Waals surface area contributed by atoms with Crippen molar-refractivity contribution in [3.63, 3.8) is 0 Å². The van der Waals surface area contributed by atoms with E-state index in [2.05, 4.69) is 29.9 Å². The second-order valence-corrected chi connectivity index (χ2v) is 8.50. The predicted octanol–water partition coefficient (Wildman–Crippen LogP) is 5.44. The Labute approximate surface area is 205 Å². The van der Waals surface area contributed by atoms with Crippen molar-refractivity contribution in [3.05, 3.63) is 78.1 Å². The number of carbonyl (C=O) groups excluding carboxylic acids is 1. The number of aromatic nitrogens is 3. The van der Waals surface area contributed by atoms with Crippen molar-refractivity contribution in [2.24, 2.45) is 0 Å². The number of pyridine rings is 1. The Bertz CT molecular complexity index is 1390. The summed E-state index contributed by atoms with van der Waals surface area (Å²) in [4.78, 5) is 28.2. The highest BCUT2D eigenvalue weighted by Gasteiger charge is 2.31. The van der Waals surface area contributed by atoms with Gasteiger partial charge in [0.05, 0.1) is 11.2 Å². The fourth-order valence-electron chi connectivity index (χ4n) is 4.19. The first-order chi connectivity index (χ1) is 17.3. The number of nitrogens with zero attached hydrogens (tertiary/aromatic N) is 4. The first kappa shape index (κ1) is 23.7. The summed E-state index contributed by atoms with van der Waals surface area (Å²) in [6.45, 7) is 3.05. The topological polar surface area (TPSA) is 80.2 Å². The highest BCUT2D eigenvalue weighted by Crippen LogP contribution is 2.29. The number of likely N-dealkylation sites (tertiary alicyclic amines) is 1. The molecule has 1 fully saturated rings. The summed E-state index contributed by atoms with van der Waals surface area (Å²) >= 11 is 0. The minimum absolute atomic E-state index is 0.204. The SMILES string of the molecule is O=C(Nc1ncnc2ccc(-c3cccc(OC(F)(F)F)c3)nc12)c1ccc(CN2CCCC2)cc1. The zero-order valence-electron chi connectivity index (χ0n) is 19.1. The Hall–Kier alpha value is -4.05. The van der Waals surface area contributed by atoms with Gasteiger partial charge in [-0.3, -0.25) is 9.69 Å². The van der Waals surface area contributed by atoms with Crippen molar-refractivity contribution in [2.45, 2.75) is 25.7 Å². The lowest BCUT2D eigenvalue weighted by Crippen LogP contribution is -2.18. The van der Waals surface area contributed by atoms with Gasteiger partial charge in [-0.15, -0.1) is 13.2 Å². The Morgan fingerprint density at radius 3 is 2.53 bits per heavy atom. The molecule has 3 heterocycles. The van der Waals surface area contributed by atoms with Gasteiger partial charge in [-0.2, -0.15) is 0 Å². The molecule has 36 heavy (non-hydrogen) atoms. The van der Waals surface area contributed by atoms with E-state index >= 15 is 0 Å². The van der Waals surface area contributed by atoms with Crippen LogP contribution in [-0.4, -0.2) is 45.2 Å². The number of hydrogen-bond acceptors (Lipinski definition) is 6. The fourth-order valence-corrected chi connectivity index (χ4v) is 4.19. The Morgan fingerprint density at radius 1 is 1.00 bits per heavy atom. The maximum absolute atomic E-state index is 12.9. The molecule has 1 amide bonds. The summed E-state index contributed by atoms with van der Waals surface area (Å²) < 4.78 is 41.9. The van der Waals surface area contributed by atoms with Crippen LogP contribution in [0.1, 0.15) is 28.8 Å². The number of anilines is 1. The van der Waals surface area contributed by atoms with Crippen molar-refractivity contribution in [1.29, 1.82) is 0 Å². The highest BCUT2D eigenvalue weighted by molar-refractivity contribution is 6.07. The number of amides is 1. The van der Waals surface area contributed by atoms with Crippen LogP contribution in [0.3, 0.4) is 0 Å². The summed E-state index contributed by atoms with van der Waals surface area (Å²) in [6, 6.07) is 16.2. The van der Waals surface area contributed by atoms with Crippen LogP contribution in [0.15, 0.2) is 67.0 Å². The largest absolute Gasteiger partial charge is 0.573 e. The van der Waals surface area contributed by atoms with Crippen molar-refractivity contribution in [1.82, 2.24) is 19.9 Å². The number of carbonyl (C=O) groups is 1. The molecule has 5 rings (SSSR count). The van der Waals surface area contributed by atoms with Crippen LogP contribution in [0, 0.1) is 0 Å². The van der Waals surface area contributed by atoms with E-state index in [4.69, 9.17) is 0 Å². The molecule has 0 saturated carbocycles. The van der Waals surface area contributed by atoms with E-state index in [1.807, 2.05) is 12.1 Å². The first-order valence-corrected chi connectivity index (χ1v) is 11.4. The van der Waals surface area contributed by atoms with Crippen molar-refractivity contribution >= 4 is 22.8 Å². The number of nitrogens with one attached hydrogen (secondary N) is 1. The number of alkyl halides is 3. The minimum Gasteiger partial charge on any atom is -0.406 e. The number of hydrogen-bond donors (Lipinski definition) is 1. The lowest BCUT2D eigenvalue weighted by atomic mass is 10.1. The molecule has 1 aliphatic rings. The third-order valence-electron chi connectivity index (χ3n) is 5.90. The first-order valence-electron chi connectivity index (χ1n) is 11.4. The van der Waals surface area contributed by atoms with Gasteiger partial charge in [-0.25, -0.2) is 15.0 Å². The van der Waals surface area contributed by atoms with Crippen LogP contribution in [-0.2, 0) is 6.54 Å². The van der Waals surface area contributed by atoms with Gasteiger partial charge in [0.15, 0.2) is 5.82 Å². The summed E-state index contributed by atoms with van der Waals surface area (Å²) in [7, 11) is 0. The van der Waals surface area contributed by atoms with Gasteiger partial charge in [-0.05, 0) is 67.9 Å². The van der Waals surface area contributed by atoms with Gasteiger partial charge in [-0.1, -0.05) is 24.3 Å². The van der Waals surface area contributed by atoms with Crippen LogP contribution in [0.2, 0.25) is 0 Å². The van der Waals surface area contributed by atoms with Crippen molar-refractivity contribution in [3.8, 4) is 17.0 Å². The second-order valence-electron chi connectivity index (χ2n) is 8.50. The molecule has 0 aliphatic carbocycles. The van der Waals surface area contributed by atoms with E-state index in [1.165, 1.54) is 37.4 Å². The molecule has 10 heteroatoms. The molecule has 4 aromatic rings. The molecule has 7 nitrogen and oxygen atoms in total. The van der Waals surface area contributed by atoms with Crippen LogP contribution in [0.4, 0.5) is 19.0 Å². The maximum Gasteiger partial charge on any atom is 0.573 e. The average molecular weight is 493 g/mol. The molecule has 0 unspecified atom stereocenters. The van der Waals surface area contributed by atoms with Gasteiger partial charge >= 0.3 is 6.36 Å². The van der Waals surface area contributed by atoms with Gasteiger partial charge < -0.3 is 10.1 Å². The molecule has 1 N–H and O–H groups in total. The van der Waals surface area contributed by atoms with Crippen LogP contribution >= 0.6 is 0 Å². The van der Waals surface area contributed by atoms with E-state index in [0.717, 1.165) is 25.2 Å². The molecule has 2 aromatic carbocycles.